The number of amides is 2. The third-order valence-electron chi connectivity index (χ3n) is 3.85. The fourth-order valence-electron chi connectivity index (χ4n) is 2.38. The summed E-state index contributed by atoms with van der Waals surface area (Å²) >= 11 is 5.04. The van der Waals surface area contributed by atoms with Crippen LogP contribution in [-0.2, 0) is 18.3 Å². The summed E-state index contributed by atoms with van der Waals surface area (Å²) in [4.78, 5) is 23.9. The first-order valence-corrected chi connectivity index (χ1v) is 8.88. The minimum atomic E-state index is -0.367. The van der Waals surface area contributed by atoms with Crippen molar-refractivity contribution in [3.05, 3.63) is 59.0 Å². The second-order valence-corrected chi connectivity index (χ2v) is 6.24. The highest BCUT2D eigenvalue weighted by Crippen LogP contribution is 2.18. The highest BCUT2D eigenvalue weighted by molar-refractivity contribution is 7.71. The number of anilines is 1. The SMILES string of the molecule is Cn1c(CCNC(=O)COc2cccc(NC(=O)c3ccco3)c2)n[nH]c1=S. The molecule has 0 saturated carbocycles. The zero-order valence-electron chi connectivity index (χ0n) is 15.1. The van der Waals surface area contributed by atoms with Crippen molar-refractivity contribution < 1.29 is 18.7 Å². The van der Waals surface area contributed by atoms with E-state index in [0.717, 1.165) is 5.82 Å². The van der Waals surface area contributed by atoms with Crippen LogP contribution >= 0.6 is 12.2 Å². The predicted molar refractivity (Wildman–Crippen MR) is 104 cm³/mol. The van der Waals surface area contributed by atoms with Gasteiger partial charge in [-0.1, -0.05) is 6.07 Å². The molecule has 28 heavy (non-hydrogen) atoms. The van der Waals surface area contributed by atoms with Crippen LogP contribution in [0.5, 0.6) is 5.75 Å². The van der Waals surface area contributed by atoms with Crippen LogP contribution in [0.2, 0.25) is 0 Å². The van der Waals surface area contributed by atoms with Gasteiger partial charge in [0.2, 0.25) is 0 Å². The average Bonchev–Trinajstić information content (AvgIpc) is 3.33. The van der Waals surface area contributed by atoms with Crippen molar-refractivity contribution in [2.75, 3.05) is 18.5 Å². The predicted octanol–water partition coefficient (Wildman–Crippen LogP) is 2.06. The van der Waals surface area contributed by atoms with Crippen LogP contribution in [-0.4, -0.2) is 39.7 Å². The van der Waals surface area contributed by atoms with Crippen LogP contribution < -0.4 is 15.4 Å². The molecule has 3 aromatic rings. The summed E-state index contributed by atoms with van der Waals surface area (Å²) in [5.74, 6) is 0.794. The van der Waals surface area contributed by atoms with Gasteiger partial charge in [0, 0.05) is 31.8 Å². The van der Waals surface area contributed by atoms with E-state index in [2.05, 4.69) is 20.8 Å². The molecule has 3 N–H and O–H groups in total. The number of furan rings is 1. The number of aromatic nitrogens is 3. The maximum absolute atomic E-state index is 12.0. The molecule has 2 amide bonds. The van der Waals surface area contributed by atoms with Gasteiger partial charge in [-0.2, -0.15) is 5.10 Å². The number of hydrogen-bond acceptors (Lipinski definition) is 6. The summed E-state index contributed by atoms with van der Waals surface area (Å²) in [6.07, 6.45) is 1.97. The maximum atomic E-state index is 12.0. The van der Waals surface area contributed by atoms with Crippen molar-refractivity contribution in [2.45, 2.75) is 6.42 Å². The van der Waals surface area contributed by atoms with Gasteiger partial charge in [-0.05, 0) is 36.5 Å². The van der Waals surface area contributed by atoms with E-state index in [1.54, 1.807) is 41.0 Å². The van der Waals surface area contributed by atoms with Crippen molar-refractivity contribution in [1.82, 2.24) is 20.1 Å². The van der Waals surface area contributed by atoms with Crippen molar-refractivity contribution in [3.8, 4) is 5.75 Å². The third kappa shape index (κ3) is 5.07. The van der Waals surface area contributed by atoms with Gasteiger partial charge in [-0.25, -0.2) is 0 Å². The Balaban J connectivity index is 1.45. The summed E-state index contributed by atoms with van der Waals surface area (Å²) in [6.45, 7) is 0.267. The zero-order valence-corrected chi connectivity index (χ0v) is 15.9. The molecule has 0 aliphatic heterocycles. The molecule has 10 heteroatoms. The Morgan fingerprint density at radius 3 is 2.89 bits per heavy atom. The van der Waals surface area contributed by atoms with Crippen molar-refractivity contribution in [2.24, 2.45) is 7.05 Å². The monoisotopic (exact) mass is 401 g/mol. The van der Waals surface area contributed by atoms with Gasteiger partial charge in [-0.15, -0.1) is 0 Å². The molecule has 1 aromatic carbocycles. The van der Waals surface area contributed by atoms with Gasteiger partial charge in [0.1, 0.15) is 11.6 Å². The fourth-order valence-corrected chi connectivity index (χ4v) is 2.53. The van der Waals surface area contributed by atoms with Gasteiger partial charge in [0.15, 0.2) is 17.1 Å². The zero-order chi connectivity index (χ0) is 19.9. The Morgan fingerprint density at radius 2 is 2.18 bits per heavy atom. The summed E-state index contributed by atoms with van der Waals surface area (Å²) < 4.78 is 12.8. The number of benzene rings is 1. The lowest BCUT2D eigenvalue weighted by molar-refractivity contribution is -0.123. The molecule has 0 aliphatic rings. The fraction of sp³-hybridized carbons (Fsp3) is 0.222. The molecule has 0 fully saturated rings. The summed E-state index contributed by atoms with van der Waals surface area (Å²) in [5, 5.41) is 12.2. The van der Waals surface area contributed by atoms with Gasteiger partial charge in [0.25, 0.3) is 11.8 Å². The van der Waals surface area contributed by atoms with Crippen LogP contribution in [0, 0.1) is 4.77 Å². The Bertz CT molecular complexity index is 1010. The number of nitrogens with one attached hydrogen (secondary N) is 3. The van der Waals surface area contributed by atoms with E-state index < -0.39 is 0 Å². The number of carbonyl (C=O) groups is 2. The van der Waals surface area contributed by atoms with Crippen molar-refractivity contribution in [3.63, 3.8) is 0 Å². The molecule has 0 atom stereocenters. The molecule has 0 saturated heterocycles. The van der Waals surface area contributed by atoms with Crippen LogP contribution in [0.15, 0.2) is 47.1 Å². The van der Waals surface area contributed by atoms with E-state index in [1.165, 1.54) is 6.26 Å². The summed E-state index contributed by atoms with van der Waals surface area (Å²) in [7, 11) is 1.81. The molecule has 2 heterocycles. The first-order valence-electron chi connectivity index (χ1n) is 8.47. The largest absolute Gasteiger partial charge is 0.484 e. The van der Waals surface area contributed by atoms with Crippen LogP contribution in [0.3, 0.4) is 0 Å². The summed E-state index contributed by atoms with van der Waals surface area (Å²) in [5.41, 5.74) is 0.532. The first-order chi connectivity index (χ1) is 13.5. The van der Waals surface area contributed by atoms with E-state index in [4.69, 9.17) is 21.4 Å². The number of carbonyl (C=O) groups excluding carboxylic acids is 2. The second-order valence-electron chi connectivity index (χ2n) is 5.85. The lowest BCUT2D eigenvalue weighted by Gasteiger charge is -2.09. The first kappa shape index (κ1) is 19.4. The van der Waals surface area contributed by atoms with Gasteiger partial charge < -0.3 is 24.4 Å². The molecule has 3 rings (SSSR count). The lowest BCUT2D eigenvalue weighted by Crippen LogP contribution is -2.31. The Kier molecular flexibility index (Phi) is 6.22. The van der Waals surface area contributed by atoms with E-state index in [1.807, 2.05) is 7.05 Å². The Hall–Kier alpha value is -3.40. The van der Waals surface area contributed by atoms with Crippen LogP contribution in [0.25, 0.3) is 0 Å². The molecular weight excluding hydrogens is 382 g/mol. The number of hydrogen-bond donors (Lipinski definition) is 3. The van der Waals surface area contributed by atoms with Crippen molar-refractivity contribution in [1.29, 1.82) is 0 Å². The van der Waals surface area contributed by atoms with Gasteiger partial charge in [-0.3, -0.25) is 14.7 Å². The lowest BCUT2D eigenvalue weighted by atomic mass is 10.3. The van der Waals surface area contributed by atoms with Crippen LogP contribution in [0.1, 0.15) is 16.4 Å². The van der Waals surface area contributed by atoms with Crippen molar-refractivity contribution >= 4 is 29.7 Å². The number of ether oxygens (including phenoxy) is 1. The Labute approximate surface area is 165 Å². The molecule has 0 unspecified atom stereocenters. The smallest absolute Gasteiger partial charge is 0.291 e. The number of aromatic amines is 1. The minimum Gasteiger partial charge on any atom is -0.484 e. The number of rotatable bonds is 8. The number of H-pyrrole nitrogens is 1. The molecule has 2 aromatic heterocycles. The van der Waals surface area contributed by atoms with E-state index in [9.17, 15) is 9.59 Å². The molecule has 146 valence electrons. The molecule has 9 nitrogen and oxygen atoms in total. The average molecular weight is 401 g/mol. The maximum Gasteiger partial charge on any atom is 0.291 e. The molecule has 0 bridgehead atoms. The quantitative estimate of drug-likeness (QED) is 0.498. The van der Waals surface area contributed by atoms with E-state index in [-0.39, 0.29) is 24.2 Å². The normalized spacial score (nSPS) is 10.5. The topological polar surface area (TPSA) is 114 Å². The molecule has 0 spiro atoms. The standard InChI is InChI=1S/C18H19N5O4S/c1-23-15(21-22-18(23)28)7-8-19-16(24)11-27-13-5-2-4-12(10-13)20-17(25)14-6-3-9-26-14/h2-6,9-10H,7-8,11H2,1H3,(H,19,24)(H,20,25)(H,22,28). The van der Waals surface area contributed by atoms with Gasteiger partial charge >= 0.3 is 0 Å². The molecule has 0 aliphatic carbocycles. The Morgan fingerprint density at radius 1 is 1.32 bits per heavy atom. The van der Waals surface area contributed by atoms with Gasteiger partial charge in [0.05, 0.1) is 6.26 Å². The van der Waals surface area contributed by atoms with Crippen LogP contribution in [0.4, 0.5) is 5.69 Å². The third-order valence-corrected chi connectivity index (χ3v) is 4.22. The minimum absolute atomic E-state index is 0.144. The second kappa shape index (κ2) is 9.00. The van der Waals surface area contributed by atoms with E-state index >= 15 is 0 Å². The molecule has 0 radical (unpaired) electrons. The number of nitrogens with zero attached hydrogens (tertiary/aromatic N) is 2. The summed E-state index contributed by atoms with van der Waals surface area (Å²) in [6, 6.07) is 9.96. The molecular formula is C18H19N5O4S. The highest BCUT2D eigenvalue weighted by atomic mass is 32.1. The highest BCUT2D eigenvalue weighted by Gasteiger charge is 2.10. The van der Waals surface area contributed by atoms with E-state index in [0.29, 0.717) is 29.2 Å².